The van der Waals surface area contributed by atoms with Crippen molar-refractivity contribution in [1.82, 2.24) is 10.2 Å². The van der Waals surface area contributed by atoms with Crippen LogP contribution >= 0.6 is 0 Å². The maximum absolute atomic E-state index is 12.2. The molecule has 0 aromatic carbocycles. The lowest BCUT2D eigenvalue weighted by molar-refractivity contribution is -0.148. The average molecular weight is 269 g/mol. The van der Waals surface area contributed by atoms with Crippen LogP contribution in [0.25, 0.3) is 0 Å². The molecular weight excluding hydrogens is 246 g/mol. The molecule has 2 rings (SSSR count). The first-order chi connectivity index (χ1) is 8.93. The Hall–Kier alpha value is -1.30. The van der Waals surface area contributed by atoms with E-state index in [1.165, 1.54) is 0 Å². The molecular formula is C13H23N3O3. The number of nitrogens with two attached hydrogens (primary N) is 1. The number of rotatable bonds is 2. The first-order valence-electron chi connectivity index (χ1n) is 6.98. The zero-order chi connectivity index (χ0) is 14.0. The zero-order valence-corrected chi connectivity index (χ0v) is 11.4. The third-order valence-corrected chi connectivity index (χ3v) is 4.49. The van der Waals surface area contributed by atoms with E-state index in [9.17, 15) is 14.7 Å². The Morgan fingerprint density at radius 1 is 1.37 bits per heavy atom. The molecule has 108 valence electrons. The lowest BCUT2D eigenvalue weighted by atomic mass is 9.85. The minimum absolute atomic E-state index is 0.0361. The molecule has 0 bridgehead atoms. The predicted molar refractivity (Wildman–Crippen MR) is 70.7 cm³/mol. The van der Waals surface area contributed by atoms with E-state index in [2.05, 4.69) is 5.32 Å². The maximum atomic E-state index is 12.2. The molecule has 1 heterocycles. The van der Waals surface area contributed by atoms with Gasteiger partial charge in [0.15, 0.2) is 0 Å². The van der Waals surface area contributed by atoms with Crippen LogP contribution in [0, 0.1) is 5.41 Å². The second-order valence-electron chi connectivity index (χ2n) is 5.97. The Balaban J connectivity index is 1.96. The van der Waals surface area contributed by atoms with Crippen LogP contribution in [0.5, 0.6) is 0 Å². The van der Waals surface area contributed by atoms with E-state index in [0.29, 0.717) is 19.5 Å². The van der Waals surface area contributed by atoms with E-state index >= 15 is 0 Å². The molecule has 4 N–H and O–H groups in total. The molecule has 6 nitrogen and oxygen atoms in total. The van der Waals surface area contributed by atoms with Gasteiger partial charge in [-0.2, -0.15) is 0 Å². The first kappa shape index (κ1) is 14.1. The van der Waals surface area contributed by atoms with Gasteiger partial charge < -0.3 is 21.1 Å². The van der Waals surface area contributed by atoms with Crippen LogP contribution < -0.4 is 11.1 Å². The van der Waals surface area contributed by atoms with Crippen molar-refractivity contribution >= 4 is 12.0 Å². The molecule has 0 spiro atoms. The van der Waals surface area contributed by atoms with Crippen molar-refractivity contribution in [3.05, 3.63) is 0 Å². The summed E-state index contributed by atoms with van der Waals surface area (Å²) in [7, 11) is 0. The third-order valence-electron chi connectivity index (χ3n) is 4.49. The Kier molecular flexibility index (Phi) is 3.99. The van der Waals surface area contributed by atoms with E-state index < -0.39 is 11.4 Å². The second-order valence-corrected chi connectivity index (χ2v) is 5.97. The van der Waals surface area contributed by atoms with Gasteiger partial charge >= 0.3 is 12.0 Å². The number of nitrogens with zero attached hydrogens (tertiary/aromatic N) is 1. The number of amides is 2. The summed E-state index contributed by atoms with van der Waals surface area (Å²) >= 11 is 0. The highest BCUT2D eigenvalue weighted by Gasteiger charge is 2.46. The van der Waals surface area contributed by atoms with E-state index in [4.69, 9.17) is 5.73 Å². The van der Waals surface area contributed by atoms with E-state index in [1.807, 2.05) is 0 Å². The Labute approximate surface area is 113 Å². The summed E-state index contributed by atoms with van der Waals surface area (Å²) in [5.41, 5.74) is 5.02. The lowest BCUT2D eigenvalue weighted by Crippen LogP contribution is -2.54. The normalized spacial score (nSPS) is 35.2. The molecule has 2 aliphatic rings. The van der Waals surface area contributed by atoms with Crippen LogP contribution in [0.4, 0.5) is 4.79 Å². The highest BCUT2D eigenvalue weighted by molar-refractivity contribution is 5.79. The molecule has 1 aliphatic heterocycles. The van der Waals surface area contributed by atoms with Crippen molar-refractivity contribution < 1.29 is 14.7 Å². The van der Waals surface area contributed by atoms with Gasteiger partial charge in [-0.25, -0.2) is 4.79 Å². The van der Waals surface area contributed by atoms with Crippen LogP contribution in [0.3, 0.4) is 0 Å². The number of likely N-dealkylation sites (tertiary alicyclic amines) is 1. The van der Waals surface area contributed by atoms with Gasteiger partial charge in [0.1, 0.15) is 0 Å². The fourth-order valence-electron chi connectivity index (χ4n) is 3.09. The Morgan fingerprint density at radius 3 is 2.74 bits per heavy atom. The van der Waals surface area contributed by atoms with E-state index in [1.54, 1.807) is 11.8 Å². The van der Waals surface area contributed by atoms with Gasteiger partial charge in [-0.15, -0.1) is 0 Å². The molecule has 2 fully saturated rings. The number of carboxylic acids is 1. The molecule has 1 aliphatic carbocycles. The lowest BCUT2D eigenvalue weighted by Gasteiger charge is -2.34. The monoisotopic (exact) mass is 269 g/mol. The first-order valence-corrected chi connectivity index (χ1v) is 6.98. The van der Waals surface area contributed by atoms with Crippen LogP contribution in [0.15, 0.2) is 0 Å². The number of hydrogen-bond acceptors (Lipinski definition) is 3. The van der Waals surface area contributed by atoms with Crippen LogP contribution in [0.1, 0.15) is 39.0 Å². The maximum Gasteiger partial charge on any atom is 0.317 e. The number of carboxylic acid groups (broad SMARTS) is 1. The largest absolute Gasteiger partial charge is 0.481 e. The number of hydrogen-bond donors (Lipinski definition) is 3. The van der Waals surface area contributed by atoms with Crippen LogP contribution in [-0.2, 0) is 4.79 Å². The summed E-state index contributed by atoms with van der Waals surface area (Å²) in [4.78, 5) is 25.2. The van der Waals surface area contributed by atoms with Crippen molar-refractivity contribution in [2.75, 3.05) is 13.1 Å². The summed E-state index contributed by atoms with van der Waals surface area (Å²) in [6.07, 6.45) is 4.05. The molecule has 6 heteroatoms. The molecule has 2 amide bonds. The summed E-state index contributed by atoms with van der Waals surface area (Å²) in [6, 6.07) is -0.417. The highest BCUT2D eigenvalue weighted by atomic mass is 16.4. The highest BCUT2D eigenvalue weighted by Crippen LogP contribution is 2.38. The molecule has 0 aromatic rings. The standard InChI is InChI=1S/C13H23N3O3/c1-13(11(17)18)6-2-5-10(13)15-12(19)16-7-3-4-9(14)8-16/h9-10H,2-8,14H2,1H3,(H,15,19)(H,17,18). The molecule has 1 saturated carbocycles. The molecule has 0 radical (unpaired) electrons. The van der Waals surface area contributed by atoms with Gasteiger partial charge in [0.2, 0.25) is 0 Å². The van der Waals surface area contributed by atoms with Gasteiger partial charge in [-0.3, -0.25) is 4.79 Å². The molecule has 19 heavy (non-hydrogen) atoms. The van der Waals surface area contributed by atoms with Crippen molar-refractivity contribution in [2.45, 2.75) is 51.1 Å². The van der Waals surface area contributed by atoms with E-state index in [-0.39, 0.29) is 18.1 Å². The van der Waals surface area contributed by atoms with E-state index in [0.717, 1.165) is 25.7 Å². The van der Waals surface area contributed by atoms with Crippen LogP contribution in [0.2, 0.25) is 0 Å². The summed E-state index contributed by atoms with van der Waals surface area (Å²) in [5, 5.41) is 12.2. The number of nitrogens with one attached hydrogen (secondary N) is 1. The van der Waals surface area contributed by atoms with Crippen molar-refractivity contribution in [3.8, 4) is 0 Å². The van der Waals surface area contributed by atoms with Crippen molar-refractivity contribution in [2.24, 2.45) is 11.1 Å². The summed E-state index contributed by atoms with van der Waals surface area (Å²) < 4.78 is 0. The van der Waals surface area contributed by atoms with Gasteiger partial charge in [-0.1, -0.05) is 6.42 Å². The predicted octanol–water partition coefficient (Wildman–Crippen LogP) is 0.763. The Morgan fingerprint density at radius 2 is 2.11 bits per heavy atom. The minimum atomic E-state index is -0.840. The fraction of sp³-hybridized carbons (Fsp3) is 0.846. The number of carbonyl (C=O) groups is 2. The molecule has 0 aromatic heterocycles. The molecule has 3 atom stereocenters. The fourth-order valence-corrected chi connectivity index (χ4v) is 3.09. The number of aliphatic carboxylic acids is 1. The van der Waals surface area contributed by atoms with Crippen molar-refractivity contribution in [1.29, 1.82) is 0 Å². The molecule has 1 saturated heterocycles. The van der Waals surface area contributed by atoms with Crippen LogP contribution in [-0.4, -0.2) is 47.2 Å². The number of carbonyl (C=O) groups excluding carboxylic acids is 1. The topological polar surface area (TPSA) is 95.7 Å². The zero-order valence-electron chi connectivity index (χ0n) is 11.4. The average Bonchev–Trinajstić information content (AvgIpc) is 2.72. The van der Waals surface area contributed by atoms with Gasteiger partial charge in [0, 0.05) is 25.2 Å². The number of piperidine rings is 1. The van der Waals surface area contributed by atoms with Gasteiger partial charge in [0.25, 0.3) is 0 Å². The van der Waals surface area contributed by atoms with Gasteiger partial charge in [0.05, 0.1) is 5.41 Å². The number of urea groups is 1. The second kappa shape index (κ2) is 5.36. The quantitative estimate of drug-likeness (QED) is 0.689. The summed E-state index contributed by atoms with van der Waals surface area (Å²) in [5.74, 6) is -0.828. The smallest absolute Gasteiger partial charge is 0.317 e. The minimum Gasteiger partial charge on any atom is -0.481 e. The summed E-state index contributed by atoms with van der Waals surface area (Å²) in [6.45, 7) is 2.98. The molecule has 3 unspecified atom stereocenters. The van der Waals surface area contributed by atoms with Crippen molar-refractivity contribution in [3.63, 3.8) is 0 Å². The Bertz CT molecular complexity index is 374. The SMILES string of the molecule is CC1(C(=O)O)CCCC1NC(=O)N1CCCC(N)C1. The van der Waals surface area contributed by atoms with Gasteiger partial charge in [-0.05, 0) is 32.6 Å². The third kappa shape index (κ3) is 2.83.